The minimum atomic E-state index is -1.57. The number of aliphatic carboxylic acids is 1. The minimum Gasteiger partial charge on any atom is -0.480 e. The van der Waals surface area contributed by atoms with Gasteiger partial charge in [0.05, 0.1) is 18.8 Å². The van der Waals surface area contributed by atoms with Crippen LogP contribution in [0.3, 0.4) is 0 Å². The summed E-state index contributed by atoms with van der Waals surface area (Å²) in [5.41, 5.74) is 5.92. The summed E-state index contributed by atoms with van der Waals surface area (Å²) >= 11 is 1.56. The number of nitrogens with one attached hydrogen (secondary N) is 2. The van der Waals surface area contributed by atoms with Gasteiger partial charge in [-0.2, -0.15) is 11.8 Å². The van der Waals surface area contributed by atoms with Crippen molar-refractivity contribution < 1.29 is 34.5 Å². The van der Waals surface area contributed by atoms with Gasteiger partial charge in [-0.05, 0) is 38.2 Å². The second kappa shape index (κ2) is 12.0. The highest BCUT2D eigenvalue weighted by Crippen LogP contribution is 2.19. The van der Waals surface area contributed by atoms with Crippen LogP contribution in [0.1, 0.15) is 26.2 Å². The normalized spacial score (nSPS) is 20.4. The number of nitrogens with zero attached hydrogens (tertiary/aromatic N) is 1. The lowest BCUT2D eigenvalue weighted by Crippen LogP contribution is -2.59. The van der Waals surface area contributed by atoms with Crippen LogP contribution in [-0.2, 0) is 19.2 Å². The molecule has 1 heterocycles. The zero-order chi connectivity index (χ0) is 22.1. The van der Waals surface area contributed by atoms with Crippen molar-refractivity contribution >= 4 is 35.5 Å². The van der Waals surface area contributed by atoms with Gasteiger partial charge in [-0.25, -0.2) is 4.79 Å². The number of nitrogens with two attached hydrogens (primary N) is 1. The fourth-order valence-electron chi connectivity index (χ4n) is 2.99. The van der Waals surface area contributed by atoms with Gasteiger partial charge >= 0.3 is 5.97 Å². The maximum atomic E-state index is 12.7. The molecule has 0 bridgehead atoms. The summed E-state index contributed by atoms with van der Waals surface area (Å²) < 4.78 is 0. The molecule has 0 aromatic heterocycles. The lowest BCUT2D eigenvalue weighted by molar-refractivity contribution is -0.144. The van der Waals surface area contributed by atoms with E-state index in [0.29, 0.717) is 31.6 Å². The second-order valence-corrected chi connectivity index (χ2v) is 7.87. The monoisotopic (exact) mass is 434 g/mol. The Balaban J connectivity index is 2.82. The van der Waals surface area contributed by atoms with E-state index >= 15 is 0 Å². The van der Waals surface area contributed by atoms with Crippen LogP contribution in [0.2, 0.25) is 0 Å². The van der Waals surface area contributed by atoms with Crippen LogP contribution < -0.4 is 16.4 Å². The zero-order valence-electron chi connectivity index (χ0n) is 16.5. The molecule has 0 aromatic rings. The summed E-state index contributed by atoms with van der Waals surface area (Å²) in [6.07, 6.45) is 2.02. The van der Waals surface area contributed by atoms with E-state index in [1.165, 1.54) is 11.8 Å². The molecule has 0 saturated carbocycles. The molecule has 12 heteroatoms. The third-order valence-corrected chi connectivity index (χ3v) is 5.29. The summed E-state index contributed by atoms with van der Waals surface area (Å²) in [5, 5.41) is 32.3. The highest BCUT2D eigenvalue weighted by molar-refractivity contribution is 7.98. The van der Waals surface area contributed by atoms with Gasteiger partial charge in [0.1, 0.15) is 18.1 Å². The number of likely N-dealkylation sites (tertiary alicyclic amines) is 1. The van der Waals surface area contributed by atoms with Crippen molar-refractivity contribution in [2.75, 3.05) is 25.2 Å². The molecule has 166 valence electrons. The van der Waals surface area contributed by atoms with Crippen molar-refractivity contribution in [1.29, 1.82) is 0 Å². The average molecular weight is 435 g/mol. The highest BCUT2D eigenvalue weighted by atomic mass is 32.2. The number of hydrogen-bond acceptors (Lipinski definition) is 8. The first kappa shape index (κ1) is 25.1. The van der Waals surface area contributed by atoms with E-state index in [4.69, 9.17) is 15.9 Å². The number of hydrogen-bond donors (Lipinski definition) is 6. The Morgan fingerprint density at radius 2 is 1.93 bits per heavy atom. The number of carbonyl (C=O) groups is 4. The van der Waals surface area contributed by atoms with Crippen LogP contribution in [0.25, 0.3) is 0 Å². The largest absolute Gasteiger partial charge is 0.480 e. The number of rotatable bonds is 11. The molecule has 5 atom stereocenters. The van der Waals surface area contributed by atoms with E-state index in [0.717, 1.165) is 0 Å². The summed E-state index contributed by atoms with van der Waals surface area (Å²) in [6.45, 7) is 0.774. The van der Waals surface area contributed by atoms with Gasteiger partial charge in [-0.1, -0.05) is 0 Å². The Labute approximate surface area is 173 Å². The van der Waals surface area contributed by atoms with Crippen molar-refractivity contribution in [3.05, 3.63) is 0 Å². The van der Waals surface area contributed by atoms with Crippen molar-refractivity contribution in [3.8, 4) is 0 Å². The Bertz CT molecular complexity index is 604. The molecule has 7 N–H and O–H groups in total. The van der Waals surface area contributed by atoms with E-state index in [-0.39, 0.29) is 5.91 Å². The van der Waals surface area contributed by atoms with Crippen LogP contribution >= 0.6 is 11.8 Å². The number of carbonyl (C=O) groups excluding carboxylic acids is 3. The number of aliphatic hydroxyl groups excluding tert-OH is 2. The summed E-state index contributed by atoms with van der Waals surface area (Å²) in [6, 6.07) is -4.57. The second-order valence-electron chi connectivity index (χ2n) is 6.89. The number of amides is 3. The van der Waals surface area contributed by atoms with E-state index in [9.17, 15) is 24.3 Å². The predicted molar refractivity (Wildman–Crippen MR) is 106 cm³/mol. The molecule has 3 amide bonds. The Morgan fingerprint density at radius 3 is 2.45 bits per heavy atom. The number of carboxylic acids is 1. The van der Waals surface area contributed by atoms with Gasteiger partial charge < -0.3 is 36.6 Å². The number of carboxylic acid groups (broad SMARTS) is 1. The van der Waals surface area contributed by atoms with Crippen molar-refractivity contribution in [1.82, 2.24) is 15.5 Å². The molecule has 0 radical (unpaired) electrons. The van der Waals surface area contributed by atoms with Crippen LogP contribution in [0.15, 0.2) is 0 Å². The Hall–Kier alpha value is -1.89. The Morgan fingerprint density at radius 1 is 1.28 bits per heavy atom. The molecule has 1 aliphatic heterocycles. The topological polar surface area (TPSA) is 182 Å². The zero-order valence-corrected chi connectivity index (χ0v) is 17.4. The van der Waals surface area contributed by atoms with Gasteiger partial charge in [-0.15, -0.1) is 0 Å². The van der Waals surface area contributed by atoms with Crippen LogP contribution in [0.4, 0.5) is 0 Å². The quantitative estimate of drug-likeness (QED) is 0.204. The van der Waals surface area contributed by atoms with Crippen LogP contribution in [0.5, 0.6) is 0 Å². The molecule has 1 saturated heterocycles. The van der Waals surface area contributed by atoms with Gasteiger partial charge in [0.15, 0.2) is 0 Å². The maximum absolute atomic E-state index is 12.7. The summed E-state index contributed by atoms with van der Waals surface area (Å²) in [7, 11) is 0. The molecule has 1 aliphatic rings. The molecule has 29 heavy (non-hydrogen) atoms. The summed E-state index contributed by atoms with van der Waals surface area (Å²) in [4.78, 5) is 49.9. The first-order valence-electron chi connectivity index (χ1n) is 9.31. The molecule has 1 fully saturated rings. The molecule has 1 rings (SSSR count). The number of aliphatic hydroxyl groups is 2. The minimum absolute atomic E-state index is 0.346. The fraction of sp³-hybridized carbons (Fsp3) is 0.765. The third kappa shape index (κ3) is 7.14. The predicted octanol–water partition coefficient (Wildman–Crippen LogP) is -2.51. The van der Waals surface area contributed by atoms with Crippen molar-refractivity contribution in [2.24, 2.45) is 5.73 Å². The fourth-order valence-corrected chi connectivity index (χ4v) is 3.48. The van der Waals surface area contributed by atoms with Crippen molar-refractivity contribution in [2.45, 2.75) is 56.5 Å². The van der Waals surface area contributed by atoms with Gasteiger partial charge in [0, 0.05) is 6.54 Å². The van der Waals surface area contributed by atoms with E-state index in [1.54, 1.807) is 11.8 Å². The number of thioether (sulfide) groups is 1. The van der Waals surface area contributed by atoms with Gasteiger partial charge in [0.25, 0.3) is 0 Å². The van der Waals surface area contributed by atoms with Gasteiger partial charge in [0.2, 0.25) is 17.7 Å². The maximum Gasteiger partial charge on any atom is 0.328 e. The SMILES string of the molecule is CSCCC(N)C(=O)N1CCCC1C(=O)NC(C(=O)NC(CO)C(=O)O)C(C)O. The summed E-state index contributed by atoms with van der Waals surface area (Å²) in [5.74, 6) is -2.69. The van der Waals surface area contributed by atoms with Crippen molar-refractivity contribution in [3.63, 3.8) is 0 Å². The third-order valence-electron chi connectivity index (χ3n) is 4.65. The van der Waals surface area contributed by atoms with Gasteiger partial charge in [-0.3, -0.25) is 14.4 Å². The Kier molecular flexibility index (Phi) is 10.4. The van der Waals surface area contributed by atoms with E-state index in [1.807, 2.05) is 6.26 Å². The molecule has 11 nitrogen and oxygen atoms in total. The highest BCUT2D eigenvalue weighted by Gasteiger charge is 2.38. The molecular formula is C17H30N4O7S. The smallest absolute Gasteiger partial charge is 0.328 e. The van der Waals surface area contributed by atoms with Crippen LogP contribution in [-0.4, -0.2) is 99.3 Å². The standard InChI is InChI=1S/C17H30N4O7S/c1-9(23)13(15(25)19-11(8-22)17(27)28)20-14(24)12-4-3-6-21(12)16(26)10(18)5-7-29-2/h9-13,22-23H,3-8,18H2,1-2H3,(H,19,25)(H,20,24)(H,27,28). The van der Waals surface area contributed by atoms with E-state index < -0.39 is 54.7 Å². The molecule has 0 spiro atoms. The lowest BCUT2D eigenvalue weighted by Gasteiger charge is -2.29. The molecule has 0 aromatic carbocycles. The molecule has 5 unspecified atom stereocenters. The lowest BCUT2D eigenvalue weighted by atomic mass is 10.1. The van der Waals surface area contributed by atoms with Crippen LogP contribution in [0, 0.1) is 0 Å². The average Bonchev–Trinajstić information content (AvgIpc) is 3.16. The van der Waals surface area contributed by atoms with E-state index in [2.05, 4.69) is 10.6 Å². The first-order chi connectivity index (χ1) is 13.6. The molecule has 0 aliphatic carbocycles. The first-order valence-corrected chi connectivity index (χ1v) is 10.7. The molecular weight excluding hydrogens is 404 g/mol.